The molecule has 0 heterocycles. The van der Waals surface area contributed by atoms with Gasteiger partial charge < -0.3 is 15.7 Å². The third-order valence-electron chi connectivity index (χ3n) is 2.21. The molecule has 0 spiro atoms. The van der Waals surface area contributed by atoms with Crippen molar-refractivity contribution in [1.82, 2.24) is 4.90 Å². The summed E-state index contributed by atoms with van der Waals surface area (Å²) in [5.41, 5.74) is 5.39. The number of nitrogens with two attached hydrogens (primary N) is 1. The summed E-state index contributed by atoms with van der Waals surface area (Å²) in [4.78, 5) is 24.1. The number of benzene rings is 1. The van der Waals surface area contributed by atoms with Crippen molar-refractivity contribution in [2.45, 2.75) is 6.92 Å². The summed E-state index contributed by atoms with van der Waals surface area (Å²) in [6, 6.07) is 4.63. The van der Waals surface area contributed by atoms with Crippen LogP contribution in [0.2, 0.25) is 0 Å². The minimum Gasteiger partial charge on any atom is -0.507 e. The number of phenolic OH excluding ortho intramolecular Hbond substituents is 1. The number of amides is 2. The Hall–Kier alpha value is -1.31. The van der Waals surface area contributed by atoms with Crippen molar-refractivity contribution in [3.63, 3.8) is 0 Å². The molecule has 0 saturated heterocycles. The molecule has 0 radical (unpaired) electrons. The molecule has 92 valence electrons. The molecule has 0 aromatic heterocycles. The number of hydrogen-bond acceptors (Lipinski definition) is 3. The van der Waals surface area contributed by atoms with E-state index in [4.69, 9.17) is 5.73 Å². The van der Waals surface area contributed by atoms with Crippen molar-refractivity contribution >= 4 is 34.4 Å². The van der Waals surface area contributed by atoms with Crippen molar-refractivity contribution < 1.29 is 14.7 Å². The van der Waals surface area contributed by atoms with Crippen LogP contribution in [0.15, 0.2) is 18.2 Å². The van der Waals surface area contributed by atoms with E-state index < -0.39 is 5.91 Å². The van der Waals surface area contributed by atoms with Crippen LogP contribution < -0.4 is 5.73 Å². The lowest BCUT2D eigenvalue weighted by Gasteiger charge is -2.19. The molecule has 1 rings (SSSR count). The molecule has 2 amide bonds. The topological polar surface area (TPSA) is 83.6 Å². The second kappa shape index (κ2) is 5.85. The largest absolute Gasteiger partial charge is 0.507 e. The van der Waals surface area contributed by atoms with Gasteiger partial charge >= 0.3 is 0 Å². The number of likely N-dealkylation sites (N-methyl/N-ethyl adjacent to an activating group) is 1. The fraction of sp³-hybridized carbons (Fsp3) is 0.273. The lowest BCUT2D eigenvalue weighted by Crippen LogP contribution is -2.38. The van der Waals surface area contributed by atoms with Crippen LogP contribution in [0.25, 0.3) is 0 Å². The van der Waals surface area contributed by atoms with Gasteiger partial charge in [-0.25, -0.2) is 0 Å². The van der Waals surface area contributed by atoms with Crippen LogP contribution in [-0.2, 0) is 4.79 Å². The molecule has 0 bridgehead atoms. The number of nitrogens with zero attached hydrogens (tertiary/aromatic N) is 1. The Morgan fingerprint density at radius 3 is 2.59 bits per heavy atom. The molecule has 0 aliphatic heterocycles. The first-order valence-corrected chi connectivity index (χ1v) is 6.09. The zero-order chi connectivity index (χ0) is 13.0. The Balaban J connectivity index is 2.93. The molecule has 0 aliphatic rings. The number of carbonyl (C=O) groups excluding carboxylic acids is 2. The standard InChI is InChI=1S/C11H13IN2O3/c1-2-14(6-10(13)16)11(17)7-3-4-8(12)9(15)5-7/h3-5,15H,2,6H2,1H3,(H2,13,16). The molecule has 5 nitrogen and oxygen atoms in total. The van der Waals surface area contributed by atoms with Crippen molar-refractivity contribution in [3.8, 4) is 5.75 Å². The first-order valence-electron chi connectivity index (χ1n) is 5.01. The summed E-state index contributed by atoms with van der Waals surface area (Å²) in [6.45, 7) is 2.02. The van der Waals surface area contributed by atoms with E-state index in [-0.39, 0.29) is 18.2 Å². The molecule has 1 aromatic rings. The summed E-state index contributed by atoms with van der Waals surface area (Å²) >= 11 is 1.96. The van der Waals surface area contributed by atoms with Gasteiger partial charge in [0.05, 0.1) is 10.1 Å². The summed E-state index contributed by atoms with van der Waals surface area (Å²) in [5, 5.41) is 9.52. The van der Waals surface area contributed by atoms with Gasteiger partial charge in [0, 0.05) is 12.1 Å². The van der Waals surface area contributed by atoms with Gasteiger partial charge in [0.1, 0.15) is 5.75 Å². The van der Waals surface area contributed by atoms with E-state index in [9.17, 15) is 14.7 Å². The fourth-order valence-electron chi connectivity index (χ4n) is 1.34. The Morgan fingerprint density at radius 1 is 1.47 bits per heavy atom. The summed E-state index contributed by atoms with van der Waals surface area (Å²) in [7, 11) is 0. The van der Waals surface area contributed by atoms with E-state index in [1.54, 1.807) is 19.1 Å². The summed E-state index contributed by atoms with van der Waals surface area (Å²) in [6.07, 6.45) is 0. The van der Waals surface area contributed by atoms with Gasteiger partial charge in [-0.15, -0.1) is 0 Å². The molecule has 6 heteroatoms. The Morgan fingerprint density at radius 2 is 2.12 bits per heavy atom. The van der Waals surface area contributed by atoms with Gasteiger partial charge in [-0.05, 0) is 47.7 Å². The first-order chi connectivity index (χ1) is 7.95. The minimum absolute atomic E-state index is 0.0478. The van der Waals surface area contributed by atoms with Crippen LogP contribution in [0.3, 0.4) is 0 Å². The van der Waals surface area contributed by atoms with E-state index in [1.807, 2.05) is 22.6 Å². The van der Waals surface area contributed by atoms with E-state index in [1.165, 1.54) is 11.0 Å². The maximum absolute atomic E-state index is 12.0. The number of rotatable bonds is 4. The van der Waals surface area contributed by atoms with E-state index in [0.717, 1.165) is 0 Å². The van der Waals surface area contributed by atoms with Crippen molar-refractivity contribution in [1.29, 1.82) is 0 Å². The van der Waals surface area contributed by atoms with Crippen LogP contribution in [0.4, 0.5) is 0 Å². The highest BCUT2D eigenvalue weighted by Crippen LogP contribution is 2.21. The molecule has 0 fully saturated rings. The van der Waals surface area contributed by atoms with Gasteiger partial charge in [-0.1, -0.05) is 0 Å². The van der Waals surface area contributed by atoms with Crippen LogP contribution in [-0.4, -0.2) is 34.9 Å². The maximum Gasteiger partial charge on any atom is 0.254 e. The molecular formula is C11H13IN2O3. The first kappa shape index (κ1) is 13.8. The smallest absolute Gasteiger partial charge is 0.254 e. The monoisotopic (exact) mass is 348 g/mol. The molecule has 0 atom stereocenters. The molecular weight excluding hydrogens is 335 g/mol. The van der Waals surface area contributed by atoms with Crippen molar-refractivity contribution in [2.24, 2.45) is 5.73 Å². The highest BCUT2D eigenvalue weighted by Gasteiger charge is 2.16. The molecule has 1 aromatic carbocycles. The van der Waals surface area contributed by atoms with Crippen molar-refractivity contribution in [2.75, 3.05) is 13.1 Å². The predicted molar refractivity (Wildman–Crippen MR) is 71.6 cm³/mol. The number of phenols is 1. The van der Waals surface area contributed by atoms with Crippen LogP contribution in [0.1, 0.15) is 17.3 Å². The predicted octanol–water partition coefficient (Wildman–Crippen LogP) is 0.944. The van der Waals surface area contributed by atoms with Gasteiger partial charge in [-0.3, -0.25) is 9.59 Å². The SMILES string of the molecule is CCN(CC(N)=O)C(=O)c1ccc(I)c(O)c1. The minimum atomic E-state index is -0.560. The van der Waals surface area contributed by atoms with Gasteiger partial charge in [0.15, 0.2) is 0 Å². The van der Waals surface area contributed by atoms with Crippen LogP contribution >= 0.6 is 22.6 Å². The zero-order valence-corrected chi connectivity index (χ0v) is 11.5. The van der Waals surface area contributed by atoms with E-state index in [2.05, 4.69) is 0 Å². The molecule has 0 unspecified atom stereocenters. The maximum atomic E-state index is 12.0. The molecule has 0 aliphatic carbocycles. The number of primary amides is 1. The molecule has 0 saturated carbocycles. The second-order valence-electron chi connectivity index (χ2n) is 3.45. The number of halogens is 1. The lowest BCUT2D eigenvalue weighted by atomic mass is 10.2. The third kappa shape index (κ3) is 3.58. The fourth-order valence-corrected chi connectivity index (χ4v) is 1.68. The molecule has 17 heavy (non-hydrogen) atoms. The summed E-state index contributed by atoms with van der Waals surface area (Å²) in [5.74, 6) is -0.834. The molecule has 3 N–H and O–H groups in total. The van der Waals surface area contributed by atoms with E-state index >= 15 is 0 Å². The lowest BCUT2D eigenvalue weighted by molar-refractivity contribution is -0.118. The third-order valence-corrected chi connectivity index (χ3v) is 3.12. The highest BCUT2D eigenvalue weighted by molar-refractivity contribution is 14.1. The van der Waals surface area contributed by atoms with Gasteiger partial charge in [0.2, 0.25) is 5.91 Å². The highest BCUT2D eigenvalue weighted by atomic mass is 127. The average molecular weight is 348 g/mol. The number of aromatic hydroxyl groups is 1. The van der Waals surface area contributed by atoms with Crippen molar-refractivity contribution in [3.05, 3.63) is 27.3 Å². The normalized spacial score (nSPS) is 10.0. The van der Waals surface area contributed by atoms with Gasteiger partial charge in [0.25, 0.3) is 5.91 Å². The Labute approximate surface area is 113 Å². The number of carbonyl (C=O) groups is 2. The number of hydrogen-bond donors (Lipinski definition) is 2. The zero-order valence-electron chi connectivity index (χ0n) is 9.31. The van der Waals surface area contributed by atoms with Crippen LogP contribution in [0.5, 0.6) is 5.75 Å². The quantitative estimate of drug-likeness (QED) is 0.795. The summed E-state index contributed by atoms with van der Waals surface area (Å²) < 4.78 is 0.664. The second-order valence-corrected chi connectivity index (χ2v) is 4.61. The Bertz CT molecular complexity index is 448. The van der Waals surface area contributed by atoms with Crippen LogP contribution in [0, 0.1) is 3.57 Å². The van der Waals surface area contributed by atoms with Gasteiger partial charge in [-0.2, -0.15) is 0 Å². The van der Waals surface area contributed by atoms with E-state index in [0.29, 0.717) is 15.7 Å². The average Bonchev–Trinajstić information content (AvgIpc) is 2.28. The Kier molecular flexibility index (Phi) is 4.73.